The fourth-order valence-corrected chi connectivity index (χ4v) is 4.17. The predicted molar refractivity (Wildman–Crippen MR) is 79.2 cm³/mol. The smallest absolute Gasteiger partial charge is 0.150 e. The van der Waals surface area contributed by atoms with E-state index in [-0.39, 0.29) is 17.4 Å². The second kappa shape index (κ2) is 5.92. The van der Waals surface area contributed by atoms with E-state index in [1.165, 1.54) is 0 Å². The Balaban J connectivity index is 2.09. The SMILES string of the molecule is CCc1nc(NN)c(C)c(NCC2CCS(=O)(=O)C2)n1. The molecule has 1 aromatic heterocycles. The molecule has 0 spiro atoms. The Morgan fingerprint density at radius 1 is 1.35 bits per heavy atom. The highest BCUT2D eigenvalue weighted by molar-refractivity contribution is 7.91. The number of aryl methyl sites for hydroxylation is 1. The van der Waals surface area contributed by atoms with Crippen LogP contribution < -0.4 is 16.6 Å². The number of hydrogen-bond acceptors (Lipinski definition) is 7. The number of nitrogens with one attached hydrogen (secondary N) is 2. The Kier molecular flexibility index (Phi) is 4.44. The van der Waals surface area contributed by atoms with Gasteiger partial charge in [0.05, 0.1) is 11.5 Å². The molecule has 2 rings (SSSR count). The van der Waals surface area contributed by atoms with Crippen molar-refractivity contribution in [2.24, 2.45) is 11.8 Å². The van der Waals surface area contributed by atoms with E-state index < -0.39 is 9.84 Å². The Bertz CT molecular complexity index is 588. The Morgan fingerprint density at radius 3 is 2.60 bits per heavy atom. The molecule has 1 saturated heterocycles. The molecule has 0 amide bonds. The Morgan fingerprint density at radius 2 is 2.05 bits per heavy atom. The number of nitrogens with zero attached hydrogens (tertiary/aromatic N) is 2. The summed E-state index contributed by atoms with van der Waals surface area (Å²) in [5.74, 6) is 8.15. The predicted octanol–water partition coefficient (Wildman–Crippen LogP) is 0.480. The molecule has 0 aliphatic carbocycles. The van der Waals surface area contributed by atoms with Crippen LogP contribution in [0.4, 0.5) is 11.6 Å². The molecule has 1 aliphatic rings. The third-order valence-electron chi connectivity index (χ3n) is 3.53. The number of hydrazine groups is 1. The molecule has 7 nitrogen and oxygen atoms in total. The van der Waals surface area contributed by atoms with E-state index in [1.54, 1.807) is 0 Å². The fourth-order valence-electron chi connectivity index (χ4n) is 2.31. The molecule has 1 aromatic rings. The van der Waals surface area contributed by atoms with Gasteiger partial charge in [0.25, 0.3) is 0 Å². The number of anilines is 2. The number of sulfone groups is 1. The first kappa shape index (κ1) is 15.0. The highest BCUT2D eigenvalue weighted by Crippen LogP contribution is 2.22. The van der Waals surface area contributed by atoms with Crippen LogP contribution in [0.2, 0.25) is 0 Å². The zero-order valence-corrected chi connectivity index (χ0v) is 12.6. The van der Waals surface area contributed by atoms with Crippen molar-refractivity contribution < 1.29 is 8.42 Å². The van der Waals surface area contributed by atoms with E-state index in [0.717, 1.165) is 5.56 Å². The lowest BCUT2D eigenvalue weighted by molar-refractivity contribution is 0.595. The van der Waals surface area contributed by atoms with E-state index in [9.17, 15) is 8.42 Å². The summed E-state index contributed by atoms with van der Waals surface area (Å²) in [7, 11) is -2.84. The van der Waals surface area contributed by atoms with Crippen molar-refractivity contribution in [3.05, 3.63) is 11.4 Å². The standard InChI is InChI=1S/C12H21N5O2S/c1-3-10-15-11(8(2)12(16-10)17-13)14-6-9-4-5-20(18,19)7-9/h9H,3-7,13H2,1-2H3,(H2,14,15,16,17). The average Bonchev–Trinajstić information content (AvgIpc) is 2.77. The Hall–Kier alpha value is -1.41. The maximum absolute atomic E-state index is 11.4. The van der Waals surface area contributed by atoms with E-state index in [4.69, 9.17) is 5.84 Å². The maximum atomic E-state index is 11.4. The molecule has 0 aromatic carbocycles. The summed E-state index contributed by atoms with van der Waals surface area (Å²) >= 11 is 0. The van der Waals surface area contributed by atoms with Crippen LogP contribution in [0.3, 0.4) is 0 Å². The van der Waals surface area contributed by atoms with Gasteiger partial charge in [-0.2, -0.15) is 0 Å². The number of hydrogen-bond donors (Lipinski definition) is 3. The van der Waals surface area contributed by atoms with Gasteiger partial charge in [-0.15, -0.1) is 0 Å². The molecule has 1 fully saturated rings. The van der Waals surface area contributed by atoms with Crippen molar-refractivity contribution in [3.63, 3.8) is 0 Å². The molecular formula is C12H21N5O2S. The first-order valence-corrected chi connectivity index (χ1v) is 8.55. The first-order valence-electron chi connectivity index (χ1n) is 6.73. The highest BCUT2D eigenvalue weighted by atomic mass is 32.2. The van der Waals surface area contributed by atoms with Gasteiger partial charge in [0.15, 0.2) is 9.84 Å². The molecule has 112 valence electrons. The molecule has 8 heteroatoms. The fraction of sp³-hybridized carbons (Fsp3) is 0.667. The van der Waals surface area contributed by atoms with E-state index in [2.05, 4.69) is 20.7 Å². The van der Waals surface area contributed by atoms with Gasteiger partial charge in [-0.3, -0.25) is 0 Å². The van der Waals surface area contributed by atoms with E-state index in [1.807, 2.05) is 13.8 Å². The van der Waals surface area contributed by atoms with Crippen LogP contribution in [-0.4, -0.2) is 36.4 Å². The summed E-state index contributed by atoms with van der Waals surface area (Å²) in [6.07, 6.45) is 1.42. The van der Waals surface area contributed by atoms with Gasteiger partial charge < -0.3 is 10.7 Å². The number of aromatic nitrogens is 2. The number of nitrogen functional groups attached to an aromatic ring is 1. The largest absolute Gasteiger partial charge is 0.369 e. The summed E-state index contributed by atoms with van der Waals surface area (Å²) in [4.78, 5) is 8.72. The van der Waals surface area contributed by atoms with Crippen molar-refractivity contribution >= 4 is 21.5 Å². The lowest BCUT2D eigenvalue weighted by Crippen LogP contribution is -2.19. The van der Waals surface area contributed by atoms with Crippen LogP contribution in [0.15, 0.2) is 0 Å². The van der Waals surface area contributed by atoms with E-state index >= 15 is 0 Å². The van der Waals surface area contributed by atoms with Crippen LogP contribution in [0.5, 0.6) is 0 Å². The molecule has 4 N–H and O–H groups in total. The molecule has 0 saturated carbocycles. The van der Waals surface area contributed by atoms with Crippen molar-refractivity contribution in [1.29, 1.82) is 0 Å². The van der Waals surface area contributed by atoms with Crippen LogP contribution in [-0.2, 0) is 16.3 Å². The van der Waals surface area contributed by atoms with Gasteiger partial charge in [0.2, 0.25) is 0 Å². The minimum atomic E-state index is -2.84. The van der Waals surface area contributed by atoms with Crippen molar-refractivity contribution in [1.82, 2.24) is 9.97 Å². The summed E-state index contributed by atoms with van der Waals surface area (Å²) in [6, 6.07) is 0. The zero-order valence-electron chi connectivity index (χ0n) is 11.8. The van der Waals surface area contributed by atoms with Gasteiger partial charge in [-0.1, -0.05) is 6.92 Å². The van der Waals surface area contributed by atoms with E-state index in [0.29, 0.717) is 36.8 Å². The van der Waals surface area contributed by atoms with Crippen LogP contribution in [0.25, 0.3) is 0 Å². The second-order valence-corrected chi connectivity index (χ2v) is 7.34. The molecular weight excluding hydrogens is 278 g/mol. The minimum Gasteiger partial charge on any atom is -0.369 e. The number of nitrogens with two attached hydrogens (primary N) is 1. The van der Waals surface area contributed by atoms with Crippen molar-refractivity contribution in [2.45, 2.75) is 26.7 Å². The van der Waals surface area contributed by atoms with Gasteiger partial charge in [0, 0.05) is 18.5 Å². The molecule has 0 bridgehead atoms. The molecule has 1 unspecified atom stereocenters. The monoisotopic (exact) mass is 299 g/mol. The van der Waals surface area contributed by atoms with Crippen LogP contribution in [0.1, 0.15) is 24.7 Å². The van der Waals surface area contributed by atoms with Crippen LogP contribution in [0, 0.1) is 12.8 Å². The molecule has 2 heterocycles. The molecule has 0 radical (unpaired) electrons. The third kappa shape index (κ3) is 3.37. The van der Waals surface area contributed by atoms with Gasteiger partial charge >= 0.3 is 0 Å². The van der Waals surface area contributed by atoms with Gasteiger partial charge in [-0.05, 0) is 19.3 Å². The summed E-state index contributed by atoms with van der Waals surface area (Å²) in [5.41, 5.74) is 3.40. The Labute approximate surface area is 119 Å². The summed E-state index contributed by atoms with van der Waals surface area (Å²) < 4.78 is 22.9. The summed E-state index contributed by atoms with van der Waals surface area (Å²) in [5, 5.41) is 3.23. The van der Waals surface area contributed by atoms with Gasteiger partial charge in [0.1, 0.15) is 17.5 Å². The lowest BCUT2D eigenvalue weighted by atomic mass is 10.1. The van der Waals surface area contributed by atoms with Crippen molar-refractivity contribution in [2.75, 3.05) is 28.8 Å². The van der Waals surface area contributed by atoms with Crippen LogP contribution >= 0.6 is 0 Å². The molecule has 1 atom stereocenters. The lowest BCUT2D eigenvalue weighted by Gasteiger charge is -2.15. The second-order valence-electron chi connectivity index (χ2n) is 5.11. The van der Waals surface area contributed by atoms with Crippen molar-refractivity contribution in [3.8, 4) is 0 Å². The maximum Gasteiger partial charge on any atom is 0.150 e. The summed E-state index contributed by atoms with van der Waals surface area (Å²) in [6.45, 7) is 4.45. The van der Waals surface area contributed by atoms with Gasteiger partial charge in [-0.25, -0.2) is 24.2 Å². The minimum absolute atomic E-state index is 0.147. The highest BCUT2D eigenvalue weighted by Gasteiger charge is 2.27. The normalized spacial score (nSPS) is 20.9. The number of rotatable bonds is 5. The first-order chi connectivity index (χ1) is 9.45. The molecule has 1 aliphatic heterocycles. The molecule has 20 heavy (non-hydrogen) atoms. The zero-order chi connectivity index (χ0) is 14.8. The quantitative estimate of drug-likeness (QED) is 0.536. The topological polar surface area (TPSA) is 110 Å². The third-order valence-corrected chi connectivity index (χ3v) is 5.37. The average molecular weight is 299 g/mol.